The Morgan fingerprint density at radius 1 is 0.944 bits per heavy atom. The summed E-state index contributed by atoms with van der Waals surface area (Å²) in [5.74, 6) is -0.0587. The SMILES string of the molecule is COc1cc(-c2ccc(F)cc2)c(OC)c(OS(C)(=O)=O)c1-c1ccc(OCCC=C(C)C)c(O)c1. The van der Waals surface area contributed by atoms with Crippen LogP contribution in [-0.4, -0.2) is 40.6 Å². The molecular formula is C27H29FO7S. The van der Waals surface area contributed by atoms with Gasteiger partial charge in [-0.05, 0) is 61.7 Å². The Labute approximate surface area is 210 Å². The Balaban J connectivity index is 2.18. The molecule has 0 amide bonds. The number of benzene rings is 3. The van der Waals surface area contributed by atoms with Crippen LogP contribution in [0.3, 0.4) is 0 Å². The summed E-state index contributed by atoms with van der Waals surface area (Å²) in [5.41, 5.74) is 2.81. The van der Waals surface area contributed by atoms with Crippen molar-refractivity contribution in [3.05, 3.63) is 66.0 Å². The summed E-state index contributed by atoms with van der Waals surface area (Å²) < 4.78 is 60.2. The molecule has 0 saturated carbocycles. The summed E-state index contributed by atoms with van der Waals surface area (Å²) >= 11 is 0. The van der Waals surface area contributed by atoms with Gasteiger partial charge >= 0.3 is 10.1 Å². The van der Waals surface area contributed by atoms with E-state index in [2.05, 4.69) is 0 Å². The smallest absolute Gasteiger partial charge is 0.306 e. The highest BCUT2D eigenvalue weighted by Gasteiger charge is 2.26. The van der Waals surface area contributed by atoms with Crippen LogP contribution in [-0.2, 0) is 10.1 Å². The zero-order chi connectivity index (χ0) is 26.5. The van der Waals surface area contributed by atoms with Crippen LogP contribution >= 0.6 is 0 Å². The number of hydrogen-bond acceptors (Lipinski definition) is 7. The lowest BCUT2D eigenvalue weighted by molar-refractivity contribution is 0.305. The molecule has 7 nitrogen and oxygen atoms in total. The fourth-order valence-electron chi connectivity index (χ4n) is 3.64. The Bertz CT molecular complexity index is 1360. The molecule has 3 aromatic rings. The average molecular weight is 517 g/mol. The van der Waals surface area contributed by atoms with E-state index in [1.807, 2.05) is 19.9 Å². The number of phenols is 1. The molecule has 0 aliphatic rings. The fraction of sp³-hybridized carbons (Fsp3) is 0.259. The van der Waals surface area contributed by atoms with Crippen molar-refractivity contribution in [3.8, 4) is 51.0 Å². The van der Waals surface area contributed by atoms with Gasteiger partial charge in [0.05, 0.1) is 32.6 Å². The van der Waals surface area contributed by atoms with Gasteiger partial charge in [-0.3, -0.25) is 0 Å². The monoisotopic (exact) mass is 516 g/mol. The van der Waals surface area contributed by atoms with Gasteiger partial charge in [0, 0.05) is 5.56 Å². The van der Waals surface area contributed by atoms with Crippen LogP contribution in [0, 0.1) is 5.82 Å². The number of aromatic hydroxyl groups is 1. The normalized spacial score (nSPS) is 11.1. The number of methoxy groups -OCH3 is 2. The maximum Gasteiger partial charge on any atom is 0.306 e. The van der Waals surface area contributed by atoms with Crippen molar-refractivity contribution in [2.75, 3.05) is 27.1 Å². The van der Waals surface area contributed by atoms with Crippen LogP contribution in [0.15, 0.2) is 60.2 Å². The number of phenolic OH excluding ortho intramolecular Hbond substituents is 1. The minimum Gasteiger partial charge on any atom is -0.504 e. The molecule has 36 heavy (non-hydrogen) atoms. The van der Waals surface area contributed by atoms with Crippen molar-refractivity contribution in [1.29, 1.82) is 0 Å². The standard InChI is InChI=1S/C27H29FO7S/c1-17(2)7-6-14-34-23-13-10-19(15-22(23)29)25-24(32-3)16-21(18-8-11-20(28)12-9-18)26(33-4)27(25)35-36(5,30)31/h7-13,15-16,29H,6,14H2,1-5H3. The van der Waals surface area contributed by atoms with E-state index in [0.29, 0.717) is 29.7 Å². The van der Waals surface area contributed by atoms with Gasteiger partial charge in [-0.15, -0.1) is 0 Å². The van der Waals surface area contributed by atoms with E-state index in [1.54, 1.807) is 18.2 Å². The third-order valence-electron chi connectivity index (χ3n) is 5.19. The highest BCUT2D eigenvalue weighted by molar-refractivity contribution is 7.86. The molecule has 9 heteroatoms. The molecule has 3 rings (SSSR count). The van der Waals surface area contributed by atoms with Crippen LogP contribution < -0.4 is 18.4 Å². The number of halogens is 1. The zero-order valence-electron chi connectivity index (χ0n) is 20.8. The molecule has 3 aromatic carbocycles. The van der Waals surface area contributed by atoms with Gasteiger partial charge < -0.3 is 23.5 Å². The summed E-state index contributed by atoms with van der Waals surface area (Å²) in [6, 6.07) is 11.9. The van der Waals surface area contributed by atoms with Gasteiger partial charge in [-0.1, -0.05) is 29.8 Å². The second-order valence-corrected chi connectivity index (χ2v) is 9.83. The molecule has 0 radical (unpaired) electrons. The van der Waals surface area contributed by atoms with Crippen molar-refractivity contribution in [2.24, 2.45) is 0 Å². The van der Waals surface area contributed by atoms with Crippen molar-refractivity contribution in [3.63, 3.8) is 0 Å². The third-order valence-corrected chi connectivity index (χ3v) is 5.66. The van der Waals surface area contributed by atoms with E-state index in [1.165, 1.54) is 50.1 Å². The zero-order valence-corrected chi connectivity index (χ0v) is 21.6. The number of ether oxygens (including phenoxy) is 3. The fourth-order valence-corrected chi connectivity index (χ4v) is 4.10. The molecule has 0 spiro atoms. The molecule has 0 unspecified atom stereocenters. The second-order valence-electron chi connectivity index (χ2n) is 8.26. The number of rotatable bonds is 10. The van der Waals surface area contributed by atoms with E-state index in [-0.39, 0.29) is 34.3 Å². The third kappa shape index (κ3) is 6.48. The predicted octanol–water partition coefficient (Wildman–Crippen LogP) is 5.96. The summed E-state index contributed by atoms with van der Waals surface area (Å²) in [4.78, 5) is 0. The molecule has 0 fully saturated rings. The molecule has 192 valence electrons. The van der Waals surface area contributed by atoms with Gasteiger partial charge in [0.2, 0.25) is 0 Å². The number of allylic oxidation sites excluding steroid dienone is 1. The highest BCUT2D eigenvalue weighted by Crippen LogP contribution is 2.51. The lowest BCUT2D eigenvalue weighted by Crippen LogP contribution is -2.09. The molecule has 0 atom stereocenters. The topological polar surface area (TPSA) is 91.3 Å². The minimum atomic E-state index is -4.00. The summed E-state index contributed by atoms with van der Waals surface area (Å²) in [5, 5.41) is 10.6. The molecular weight excluding hydrogens is 487 g/mol. The lowest BCUT2D eigenvalue weighted by atomic mass is 9.96. The van der Waals surface area contributed by atoms with E-state index in [4.69, 9.17) is 18.4 Å². The van der Waals surface area contributed by atoms with E-state index in [9.17, 15) is 17.9 Å². The largest absolute Gasteiger partial charge is 0.504 e. The van der Waals surface area contributed by atoms with E-state index < -0.39 is 15.9 Å². The quantitative estimate of drug-likeness (QED) is 0.202. The van der Waals surface area contributed by atoms with Crippen molar-refractivity contribution < 1.29 is 36.3 Å². The van der Waals surface area contributed by atoms with E-state index in [0.717, 1.165) is 6.26 Å². The predicted molar refractivity (Wildman–Crippen MR) is 137 cm³/mol. The molecule has 0 heterocycles. The molecule has 0 aromatic heterocycles. The van der Waals surface area contributed by atoms with Crippen LogP contribution in [0.25, 0.3) is 22.3 Å². The van der Waals surface area contributed by atoms with Crippen molar-refractivity contribution >= 4 is 10.1 Å². The van der Waals surface area contributed by atoms with Gasteiger partial charge in [0.15, 0.2) is 23.0 Å². The molecule has 0 aliphatic heterocycles. The van der Waals surface area contributed by atoms with Gasteiger partial charge in [-0.2, -0.15) is 8.42 Å². The first-order valence-electron chi connectivity index (χ1n) is 11.1. The minimum absolute atomic E-state index is 0.101. The van der Waals surface area contributed by atoms with Gasteiger partial charge in [-0.25, -0.2) is 4.39 Å². The molecule has 1 N–H and O–H groups in total. The van der Waals surface area contributed by atoms with E-state index >= 15 is 0 Å². The Kier molecular flexibility index (Phi) is 8.47. The molecule has 0 saturated heterocycles. The van der Waals surface area contributed by atoms with Crippen molar-refractivity contribution in [2.45, 2.75) is 20.3 Å². The van der Waals surface area contributed by atoms with Crippen LogP contribution in [0.4, 0.5) is 4.39 Å². The molecule has 0 aliphatic carbocycles. The molecule has 0 bridgehead atoms. The van der Waals surface area contributed by atoms with Gasteiger partial charge in [0.1, 0.15) is 11.6 Å². The first-order valence-corrected chi connectivity index (χ1v) is 12.9. The second kappa shape index (κ2) is 11.3. The summed E-state index contributed by atoms with van der Waals surface area (Å²) in [7, 11) is -1.21. The Morgan fingerprint density at radius 2 is 1.61 bits per heavy atom. The lowest BCUT2D eigenvalue weighted by Gasteiger charge is -2.21. The summed E-state index contributed by atoms with van der Waals surface area (Å²) in [6.45, 7) is 4.36. The average Bonchev–Trinajstić information content (AvgIpc) is 2.81. The van der Waals surface area contributed by atoms with Crippen LogP contribution in [0.5, 0.6) is 28.7 Å². The maximum atomic E-state index is 13.5. The maximum absolute atomic E-state index is 13.5. The van der Waals surface area contributed by atoms with Crippen LogP contribution in [0.2, 0.25) is 0 Å². The van der Waals surface area contributed by atoms with Crippen LogP contribution in [0.1, 0.15) is 20.3 Å². The first kappa shape index (κ1) is 26.9. The Morgan fingerprint density at radius 3 is 2.17 bits per heavy atom. The Hall–Kier alpha value is -3.72. The summed E-state index contributed by atoms with van der Waals surface area (Å²) in [6.07, 6.45) is 3.62. The van der Waals surface area contributed by atoms with Crippen molar-refractivity contribution in [1.82, 2.24) is 0 Å². The van der Waals surface area contributed by atoms with Gasteiger partial charge in [0.25, 0.3) is 0 Å². The highest BCUT2D eigenvalue weighted by atomic mass is 32.2. The number of hydrogen-bond donors (Lipinski definition) is 1. The first-order chi connectivity index (χ1) is 17.0.